The molecular formula is C13H17NO3. The van der Waals surface area contributed by atoms with Gasteiger partial charge in [-0.05, 0) is 25.5 Å². The minimum absolute atomic E-state index is 0.279. The van der Waals surface area contributed by atoms with Crippen molar-refractivity contribution in [1.29, 1.82) is 0 Å². The summed E-state index contributed by atoms with van der Waals surface area (Å²) in [6, 6.07) is 6.01. The van der Waals surface area contributed by atoms with Gasteiger partial charge in [0.05, 0.1) is 25.3 Å². The van der Waals surface area contributed by atoms with Crippen molar-refractivity contribution in [2.75, 3.05) is 25.6 Å². The second kappa shape index (κ2) is 5.19. The van der Waals surface area contributed by atoms with Crippen LogP contribution < -0.4 is 5.32 Å². The lowest BCUT2D eigenvalue weighted by Gasteiger charge is -2.15. The molecule has 0 bridgehead atoms. The summed E-state index contributed by atoms with van der Waals surface area (Å²) in [6.45, 7) is 3.42. The summed E-state index contributed by atoms with van der Waals surface area (Å²) in [6.07, 6.45) is 0.967. The minimum atomic E-state index is -0.310. The predicted molar refractivity (Wildman–Crippen MR) is 65.4 cm³/mol. The number of hydrogen-bond donors (Lipinski definition) is 1. The highest BCUT2D eigenvalue weighted by atomic mass is 16.5. The van der Waals surface area contributed by atoms with Crippen molar-refractivity contribution in [3.63, 3.8) is 0 Å². The molecule has 1 fully saturated rings. The standard InChI is InChI=1S/C13H17NO3/c1-9-3-4-12(11(7-9)13(15)16-2)14-10-5-6-17-8-10/h3-4,7,10,14H,5-6,8H2,1-2H3. The molecule has 1 aliphatic rings. The summed E-state index contributed by atoms with van der Waals surface area (Å²) in [4.78, 5) is 11.7. The normalized spacial score (nSPS) is 19.1. The van der Waals surface area contributed by atoms with Gasteiger partial charge in [-0.3, -0.25) is 0 Å². The number of rotatable bonds is 3. The third kappa shape index (κ3) is 2.77. The molecule has 0 saturated carbocycles. The Morgan fingerprint density at radius 3 is 3.00 bits per heavy atom. The number of ether oxygens (including phenoxy) is 2. The number of methoxy groups -OCH3 is 1. The largest absolute Gasteiger partial charge is 0.465 e. The first-order valence-electron chi connectivity index (χ1n) is 5.74. The number of esters is 1. The van der Waals surface area contributed by atoms with Gasteiger partial charge in [0.2, 0.25) is 0 Å². The number of carbonyl (C=O) groups excluding carboxylic acids is 1. The molecule has 17 heavy (non-hydrogen) atoms. The van der Waals surface area contributed by atoms with Gasteiger partial charge >= 0.3 is 5.97 Å². The molecule has 4 heteroatoms. The first-order valence-corrected chi connectivity index (χ1v) is 5.74. The number of aryl methyl sites for hydroxylation is 1. The van der Waals surface area contributed by atoms with Crippen molar-refractivity contribution in [3.8, 4) is 0 Å². The lowest BCUT2D eigenvalue weighted by Crippen LogP contribution is -2.21. The van der Waals surface area contributed by atoms with E-state index in [1.807, 2.05) is 25.1 Å². The van der Waals surface area contributed by atoms with Crippen LogP contribution in [0.5, 0.6) is 0 Å². The van der Waals surface area contributed by atoms with E-state index in [0.29, 0.717) is 12.2 Å². The Morgan fingerprint density at radius 2 is 2.35 bits per heavy atom. The first-order chi connectivity index (χ1) is 8.20. The van der Waals surface area contributed by atoms with Crippen LogP contribution in [0, 0.1) is 6.92 Å². The fraction of sp³-hybridized carbons (Fsp3) is 0.462. The van der Waals surface area contributed by atoms with Crippen molar-refractivity contribution in [1.82, 2.24) is 0 Å². The number of carbonyl (C=O) groups is 1. The highest BCUT2D eigenvalue weighted by molar-refractivity contribution is 5.95. The molecule has 4 nitrogen and oxygen atoms in total. The Hall–Kier alpha value is -1.55. The molecule has 92 valence electrons. The van der Waals surface area contributed by atoms with Crippen molar-refractivity contribution in [3.05, 3.63) is 29.3 Å². The smallest absolute Gasteiger partial charge is 0.339 e. The van der Waals surface area contributed by atoms with E-state index in [1.54, 1.807) is 0 Å². The summed E-state index contributed by atoms with van der Waals surface area (Å²) >= 11 is 0. The summed E-state index contributed by atoms with van der Waals surface area (Å²) < 4.78 is 10.1. The second-order valence-electron chi connectivity index (χ2n) is 4.25. The van der Waals surface area contributed by atoms with E-state index < -0.39 is 0 Å². The van der Waals surface area contributed by atoms with Gasteiger partial charge in [-0.1, -0.05) is 11.6 Å². The number of hydrogen-bond acceptors (Lipinski definition) is 4. The SMILES string of the molecule is COC(=O)c1cc(C)ccc1NC1CCOC1. The summed E-state index contributed by atoms with van der Waals surface area (Å²) in [7, 11) is 1.40. The predicted octanol–water partition coefficient (Wildman–Crippen LogP) is 1.98. The van der Waals surface area contributed by atoms with Gasteiger partial charge in [-0.15, -0.1) is 0 Å². The van der Waals surface area contributed by atoms with Crippen LogP contribution >= 0.6 is 0 Å². The molecule has 1 saturated heterocycles. The van der Waals surface area contributed by atoms with E-state index in [9.17, 15) is 4.79 Å². The quantitative estimate of drug-likeness (QED) is 0.814. The van der Waals surface area contributed by atoms with E-state index in [0.717, 1.165) is 24.3 Å². The second-order valence-corrected chi connectivity index (χ2v) is 4.25. The molecule has 1 unspecified atom stereocenters. The molecule has 1 aromatic carbocycles. The average molecular weight is 235 g/mol. The molecule has 0 spiro atoms. The minimum Gasteiger partial charge on any atom is -0.465 e. The van der Waals surface area contributed by atoms with E-state index in [-0.39, 0.29) is 12.0 Å². The van der Waals surface area contributed by atoms with Crippen molar-refractivity contribution >= 4 is 11.7 Å². The zero-order valence-corrected chi connectivity index (χ0v) is 10.2. The average Bonchev–Trinajstić information content (AvgIpc) is 2.83. The molecule has 1 aliphatic heterocycles. The summed E-state index contributed by atoms with van der Waals surface area (Å²) in [5.74, 6) is -0.310. The summed E-state index contributed by atoms with van der Waals surface area (Å²) in [5.41, 5.74) is 2.44. The number of benzene rings is 1. The topological polar surface area (TPSA) is 47.6 Å². The van der Waals surface area contributed by atoms with Gasteiger partial charge in [0.1, 0.15) is 0 Å². The van der Waals surface area contributed by atoms with Crippen molar-refractivity contribution < 1.29 is 14.3 Å². The van der Waals surface area contributed by atoms with Crippen LogP contribution in [0.2, 0.25) is 0 Å². The molecular weight excluding hydrogens is 218 g/mol. The van der Waals surface area contributed by atoms with Crippen LogP contribution in [0.15, 0.2) is 18.2 Å². The van der Waals surface area contributed by atoms with Crippen LogP contribution in [0.25, 0.3) is 0 Å². The third-order valence-corrected chi connectivity index (χ3v) is 2.87. The molecule has 0 radical (unpaired) electrons. The van der Waals surface area contributed by atoms with E-state index >= 15 is 0 Å². The zero-order chi connectivity index (χ0) is 12.3. The van der Waals surface area contributed by atoms with Crippen LogP contribution in [0.4, 0.5) is 5.69 Å². The zero-order valence-electron chi connectivity index (χ0n) is 10.2. The highest BCUT2D eigenvalue weighted by Gasteiger charge is 2.18. The van der Waals surface area contributed by atoms with Gasteiger partial charge in [0.15, 0.2) is 0 Å². The fourth-order valence-corrected chi connectivity index (χ4v) is 1.93. The van der Waals surface area contributed by atoms with E-state index in [2.05, 4.69) is 5.32 Å². The highest BCUT2D eigenvalue weighted by Crippen LogP contribution is 2.21. The molecule has 0 aromatic heterocycles. The van der Waals surface area contributed by atoms with E-state index in [1.165, 1.54) is 7.11 Å². The Kier molecular flexibility index (Phi) is 3.64. The van der Waals surface area contributed by atoms with Gasteiger partial charge in [-0.2, -0.15) is 0 Å². The fourth-order valence-electron chi connectivity index (χ4n) is 1.93. The summed E-state index contributed by atoms with van der Waals surface area (Å²) in [5, 5.41) is 3.33. The molecule has 1 N–H and O–H groups in total. The van der Waals surface area contributed by atoms with Gasteiger partial charge in [-0.25, -0.2) is 4.79 Å². The monoisotopic (exact) mass is 235 g/mol. The van der Waals surface area contributed by atoms with Crippen LogP contribution in [0.3, 0.4) is 0 Å². The Balaban J connectivity index is 2.22. The number of anilines is 1. The lowest BCUT2D eigenvalue weighted by atomic mass is 10.1. The van der Waals surface area contributed by atoms with Gasteiger partial charge in [0.25, 0.3) is 0 Å². The van der Waals surface area contributed by atoms with E-state index in [4.69, 9.17) is 9.47 Å². The molecule has 1 aromatic rings. The third-order valence-electron chi connectivity index (χ3n) is 2.87. The maximum atomic E-state index is 11.7. The molecule has 0 aliphatic carbocycles. The van der Waals surface area contributed by atoms with Crippen molar-refractivity contribution in [2.45, 2.75) is 19.4 Å². The van der Waals surface area contributed by atoms with Gasteiger partial charge in [0, 0.05) is 12.3 Å². The Bertz CT molecular complexity index is 411. The van der Waals surface area contributed by atoms with Gasteiger partial charge < -0.3 is 14.8 Å². The molecule has 1 atom stereocenters. The molecule has 0 amide bonds. The first kappa shape index (κ1) is 11.9. The maximum absolute atomic E-state index is 11.7. The molecule has 2 rings (SSSR count). The maximum Gasteiger partial charge on any atom is 0.339 e. The molecule has 1 heterocycles. The van der Waals surface area contributed by atoms with Crippen molar-refractivity contribution in [2.24, 2.45) is 0 Å². The number of nitrogens with one attached hydrogen (secondary N) is 1. The van der Waals surface area contributed by atoms with Crippen LogP contribution in [0.1, 0.15) is 22.3 Å². The van der Waals surface area contributed by atoms with Crippen LogP contribution in [-0.2, 0) is 9.47 Å². The Labute approximate surface area is 101 Å². The van der Waals surface area contributed by atoms with Crippen LogP contribution in [-0.4, -0.2) is 32.3 Å². The lowest BCUT2D eigenvalue weighted by molar-refractivity contribution is 0.0601. The Morgan fingerprint density at radius 1 is 1.53 bits per heavy atom.